The van der Waals surface area contributed by atoms with Crippen LogP contribution in [-0.4, -0.2) is 10.2 Å². The Kier molecular flexibility index (Phi) is 5.23. The van der Waals surface area contributed by atoms with Crippen LogP contribution in [-0.2, 0) is 0 Å². The first-order valence-corrected chi connectivity index (χ1v) is 3.64. The number of hydrogen-bond donors (Lipinski definition) is 1. The van der Waals surface area contributed by atoms with Crippen LogP contribution in [0.4, 0.5) is 0 Å². The van der Waals surface area contributed by atoms with Crippen molar-refractivity contribution >= 4 is 29.3 Å². The second-order valence-electron chi connectivity index (χ2n) is 1.68. The van der Waals surface area contributed by atoms with E-state index in [-0.39, 0.29) is 17.6 Å². The zero-order chi connectivity index (χ0) is 8.10. The zero-order valence-electron chi connectivity index (χ0n) is 5.93. The third kappa shape index (κ3) is 3.45. The van der Waals surface area contributed by atoms with Gasteiger partial charge in [0, 0.05) is 17.3 Å². The second kappa shape index (κ2) is 5.68. The average Bonchev–Trinajstić information content (AvgIpc) is 2.06. The highest BCUT2D eigenvalue weighted by molar-refractivity contribution is 8.13. The van der Waals surface area contributed by atoms with Gasteiger partial charge in [-0.2, -0.15) is 0 Å². The van der Waals surface area contributed by atoms with Crippen LogP contribution in [0.1, 0.15) is 0 Å². The first-order chi connectivity index (χ1) is 5.33. The van der Waals surface area contributed by atoms with E-state index in [2.05, 4.69) is 10.2 Å². The van der Waals surface area contributed by atoms with Crippen molar-refractivity contribution in [2.75, 3.05) is 0 Å². The summed E-state index contributed by atoms with van der Waals surface area (Å²) in [6.45, 7) is 0. The Morgan fingerprint density at radius 2 is 2.08 bits per heavy atom. The summed E-state index contributed by atoms with van der Waals surface area (Å²) < 4.78 is 0. The molecule has 1 aromatic rings. The lowest BCUT2D eigenvalue weighted by Crippen LogP contribution is -1.81. The van der Waals surface area contributed by atoms with E-state index in [1.807, 2.05) is 0 Å². The SMILES string of the molecule is Cl.N=C(N=O)Sc1ccncc1. The van der Waals surface area contributed by atoms with E-state index >= 15 is 0 Å². The molecule has 0 radical (unpaired) electrons. The maximum atomic E-state index is 9.80. The molecular formula is C6H6ClN3OS. The Morgan fingerprint density at radius 3 is 2.58 bits per heavy atom. The molecule has 0 saturated carbocycles. The minimum Gasteiger partial charge on any atom is -0.274 e. The molecule has 0 aliphatic carbocycles. The first-order valence-electron chi connectivity index (χ1n) is 2.82. The van der Waals surface area contributed by atoms with Crippen LogP contribution in [0, 0.1) is 10.3 Å². The minimum absolute atomic E-state index is 0. The van der Waals surface area contributed by atoms with Gasteiger partial charge in [-0.25, -0.2) is 0 Å². The third-order valence-corrected chi connectivity index (χ3v) is 1.72. The predicted octanol–water partition coefficient (Wildman–Crippen LogP) is 2.30. The van der Waals surface area contributed by atoms with Crippen LogP contribution in [0.15, 0.2) is 34.6 Å². The fourth-order valence-electron chi connectivity index (χ4n) is 0.537. The highest BCUT2D eigenvalue weighted by Gasteiger charge is 1.97. The molecule has 1 heterocycles. The van der Waals surface area contributed by atoms with Gasteiger partial charge >= 0.3 is 0 Å². The summed E-state index contributed by atoms with van der Waals surface area (Å²) in [4.78, 5) is 14.4. The monoisotopic (exact) mass is 203 g/mol. The first kappa shape index (κ1) is 11.1. The normalized spacial score (nSPS) is 8.33. The smallest absolute Gasteiger partial charge is 0.228 e. The number of rotatable bonds is 1. The van der Waals surface area contributed by atoms with E-state index in [1.54, 1.807) is 24.5 Å². The highest BCUT2D eigenvalue weighted by atomic mass is 35.5. The Bertz CT molecular complexity index is 267. The van der Waals surface area contributed by atoms with Crippen LogP contribution in [0.3, 0.4) is 0 Å². The molecule has 0 saturated heterocycles. The number of thioether (sulfide) groups is 1. The van der Waals surface area contributed by atoms with Crippen molar-refractivity contribution in [2.24, 2.45) is 5.18 Å². The largest absolute Gasteiger partial charge is 0.274 e. The number of aromatic nitrogens is 1. The summed E-state index contributed by atoms with van der Waals surface area (Å²) in [5.41, 5.74) is 0. The number of hydrogen-bond acceptors (Lipinski definition) is 4. The molecule has 0 amide bonds. The van der Waals surface area contributed by atoms with Gasteiger partial charge < -0.3 is 0 Å². The van der Waals surface area contributed by atoms with Crippen LogP contribution in [0.5, 0.6) is 0 Å². The predicted molar refractivity (Wildman–Crippen MR) is 50.9 cm³/mol. The highest BCUT2D eigenvalue weighted by Crippen LogP contribution is 2.17. The van der Waals surface area contributed by atoms with Gasteiger partial charge in [0.25, 0.3) is 0 Å². The van der Waals surface area contributed by atoms with Gasteiger partial charge in [-0.3, -0.25) is 10.4 Å². The quantitative estimate of drug-likeness (QED) is 0.330. The average molecular weight is 204 g/mol. The summed E-state index contributed by atoms with van der Waals surface area (Å²) in [7, 11) is 0. The molecule has 1 N–H and O–H groups in total. The van der Waals surface area contributed by atoms with Crippen molar-refractivity contribution in [1.82, 2.24) is 4.98 Å². The number of nitroso groups, excluding NO2 is 1. The number of amidine groups is 1. The fourth-order valence-corrected chi connectivity index (χ4v) is 1.05. The van der Waals surface area contributed by atoms with Gasteiger partial charge in [0.15, 0.2) is 0 Å². The maximum Gasteiger partial charge on any atom is 0.228 e. The summed E-state index contributed by atoms with van der Waals surface area (Å²) in [6.07, 6.45) is 3.20. The zero-order valence-corrected chi connectivity index (χ0v) is 7.56. The molecule has 0 spiro atoms. The summed E-state index contributed by atoms with van der Waals surface area (Å²) >= 11 is 1.01. The van der Waals surface area contributed by atoms with E-state index in [4.69, 9.17) is 5.41 Å². The molecule has 12 heavy (non-hydrogen) atoms. The van der Waals surface area contributed by atoms with Gasteiger partial charge in [-0.05, 0) is 29.1 Å². The van der Waals surface area contributed by atoms with Crippen molar-refractivity contribution in [3.63, 3.8) is 0 Å². The van der Waals surface area contributed by atoms with Gasteiger partial charge in [0.05, 0.1) is 0 Å². The molecule has 0 aliphatic rings. The molecule has 0 atom stereocenters. The van der Waals surface area contributed by atoms with Crippen LogP contribution < -0.4 is 0 Å². The number of pyridine rings is 1. The van der Waals surface area contributed by atoms with Crippen molar-refractivity contribution in [1.29, 1.82) is 5.41 Å². The Balaban J connectivity index is 0.00000121. The van der Waals surface area contributed by atoms with Crippen molar-refractivity contribution < 1.29 is 0 Å². The van der Waals surface area contributed by atoms with Gasteiger partial charge in [-0.15, -0.1) is 17.3 Å². The van der Waals surface area contributed by atoms with E-state index < -0.39 is 0 Å². The Labute approximate surface area is 79.7 Å². The molecule has 0 bridgehead atoms. The molecule has 1 rings (SSSR count). The Morgan fingerprint density at radius 1 is 1.50 bits per heavy atom. The van der Waals surface area contributed by atoms with Crippen LogP contribution in [0.2, 0.25) is 0 Å². The van der Waals surface area contributed by atoms with Gasteiger partial charge in [0.2, 0.25) is 5.17 Å². The summed E-state index contributed by atoms with van der Waals surface area (Å²) in [5, 5.41) is 9.16. The van der Waals surface area contributed by atoms with E-state index in [0.717, 1.165) is 16.7 Å². The van der Waals surface area contributed by atoms with Crippen molar-refractivity contribution in [2.45, 2.75) is 4.90 Å². The fraction of sp³-hybridized carbons (Fsp3) is 0. The lowest BCUT2D eigenvalue weighted by atomic mass is 10.5. The molecule has 0 unspecified atom stereocenters. The lowest BCUT2D eigenvalue weighted by Gasteiger charge is -1.92. The third-order valence-electron chi connectivity index (χ3n) is 0.947. The molecule has 0 aliphatic heterocycles. The lowest BCUT2D eigenvalue weighted by molar-refractivity contribution is 1.27. The van der Waals surface area contributed by atoms with E-state index in [0.29, 0.717) is 0 Å². The van der Waals surface area contributed by atoms with Gasteiger partial charge in [0.1, 0.15) is 0 Å². The van der Waals surface area contributed by atoms with Gasteiger partial charge in [-0.1, -0.05) is 0 Å². The molecule has 1 aromatic heterocycles. The summed E-state index contributed by atoms with van der Waals surface area (Å²) in [5.74, 6) is 0. The molecule has 4 nitrogen and oxygen atoms in total. The number of nitrogens with one attached hydrogen (secondary N) is 1. The standard InChI is InChI=1S/C6H5N3OS.ClH/c7-6(9-10)11-5-1-3-8-4-2-5;/h1-4,7H;1H. The molecule has 64 valence electrons. The topological polar surface area (TPSA) is 66.2 Å². The van der Waals surface area contributed by atoms with E-state index in [1.165, 1.54) is 0 Å². The Hall–Kier alpha value is -0.940. The van der Waals surface area contributed by atoms with Crippen LogP contribution >= 0.6 is 24.2 Å². The van der Waals surface area contributed by atoms with Crippen molar-refractivity contribution in [3.8, 4) is 0 Å². The minimum atomic E-state index is -0.240. The maximum absolute atomic E-state index is 9.80. The molecule has 6 heteroatoms. The number of nitrogens with zero attached hydrogens (tertiary/aromatic N) is 2. The molecule has 0 fully saturated rings. The molecular weight excluding hydrogens is 198 g/mol. The summed E-state index contributed by atoms with van der Waals surface area (Å²) in [6, 6.07) is 3.43. The van der Waals surface area contributed by atoms with Crippen LogP contribution in [0.25, 0.3) is 0 Å². The number of halogens is 1. The second-order valence-corrected chi connectivity index (χ2v) is 2.74. The van der Waals surface area contributed by atoms with Crippen molar-refractivity contribution in [3.05, 3.63) is 29.4 Å². The molecule has 0 aromatic carbocycles. The van der Waals surface area contributed by atoms with E-state index in [9.17, 15) is 4.91 Å².